The van der Waals surface area contributed by atoms with Crippen LogP contribution in [-0.2, 0) is 11.3 Å². The second-order valence-electron chi connectivity index (χ2n) is 9.28. The van der Waals surface area contributed by atoms with E-state index in [4.69, 9.17) is 5.10 Å². The fourth-order valence-electron chi connectivity index (χ4n) is 4.52. The molecule has 0 atom stereocenters. The highest BCUT2D eigenvalue weighted by Crippen LogP contribution is 2.25. The number of alkyl halides is 3. The third-order valence-corrected chi connectivity index (χ3v) is 6.60. The van der Waals surface area contributed by atoms with Gasteiger partial charge >= 0.3 is 6.36 Å². The largest absolute Gasteiger partial charge is 0.573 e. The van der Waals surface area contributed by atoms with Crippen LogP contribution >= 0.6 is 0 Å². The molecular weight excluding hydrogens is 511 g/mol. The Hall–Kier alpha value is -4.35. The maximum Gasteiger partial charge on any atom is 0.573 e. The topological polar surface area (TPSA) is 81.3 Å². The number of hydrogen-bond donors (Lipinski definition) is 0. The number of anilines is 1. The molecule has 1 aliphatic heterocycles. The van der Waals surface area contributed by atoms with Crippen LogP contribution in [0.15, 0.2) is 61.2 Å². The quantitative estimate of drug-likeness (QED) is 0.345. The Kier molecular flexibility index (Phi) is 7.27. The van der Waals surface area contributed by atoms with Crippen LogP contribution in [0.1, 0.15) is 24.6 Å². The molecule has 3 aromatic heterocycles. The predicted octanol–water partition coefficient (Wildman–Crippen LogP) is 4.44. The Morgan fingerprint density at radius 3 is 2.44 bits per heavy atom. The van der Waals surface area contributed by atoms with E-state index >= 15 is 0 Å². The van der Waals surface area contributed by atoms with E-state index in [1.807, 2.05) is 35.6 Å². The molecule has 0 saturated carbocycles. The molecule has 1 saturated heterocycles. The van der Waals surface area contributed by atoms with Gasteiger partial charge in [-0.15, -0.1) is 13.2 Å². The maximum absolute atomic E-state index is 12.4. The first kappa shape index (κ1) is 26.3. The normalized spacial score (nSPS) is 14.1. The van der Waals surface area contributed by atoms with Crippen molar-refractivity contribution in [2.75, 3.05) is 31.1 Å². The van der Waals surface area contributed by atoms with Gasteiger partial charge in [0.1, 0.15) is 23.0 Å². The summed E-state index contributed by atoms with van der Waals surface area (Å²) in [6.07, 6.45) is 0.947. The number of halogens is 3. The number of carbonyl (C=O) groups is 1. The highest BCUT2D eigenvalue weighted by molar-refractivity contribution is 5.76. The lowest BCUT2D eigenvalue weighted by Gasteiger charge is -2.35. The van der Waals surface area contributed by atoms with Gasteiger partial charge in [-0.1, -0.05) is 6.92 Å². The summed E-state index contributed by atoms with van der Waals surface area (Å²) in [5.74, 6) is 0.778. The van der Waals surface area contributed by atoms with Crippen LogP contribution in [0.25, 0.3) is 17.1 Å². The number of pyridine rings is 1. The number of rotatable bonds is 7. The fraction of sp³-hybridized carbons (Fsp3) is 0.333. The average Bonchev–Trinajstić information content (AvgIpc) is 3.55. The van der Waals surface area contributed by atoms with Gasteiger partial charge in [0.05, 0.1) is 12.9 Å². The van der Waals surface area contributed by atoms with Crippen molar-refractivity contribution in [1.82, 2.24) is 29.2 Å². The van der Waals surface area contributed by atoms with E-state index in [9.17, 15) is 18.0 Å². The van der Waals surface area contributed by atoms with Crippen molar-refractivity contribution in [3.05, 3.63) is 72.4 Å². The molecule has 1 amide bonds. The van der Waals surface area contributed by atoms with Crippen molar-refractivity contribution in [2.24, 2.45) is 0 Å². The highest BCUT2D eigenvalue weighted by Gasteiger charge is 2.31. The monoisotopic (exact) mass is 539 g/mol. The van der Waals surface area contributed by atoms with Gasteiger partial charge in [-0.25, -0.2) is 9.97 Å². The number of benzene rings is 1. The number of nitrogens with zero attached hydrogens (tertiary/aromatic N) is 7. The standard InChI is InChI=1S/C27H28F3N7O2/c1-3-26(38)35-12-10-34(11-13-35)25-15-20(8-9-31-25)16-37-19(2)14-23(33-37)24-17-36(18-32-24)21-4-6-22(7-5-21)39-27(28,29)30/h4-9,14-15,17-18H,3,10-13,16H2,1-2H3. The number of aryl methyl sites for hydroxylation is 1. The number of amides is 1. The Labute approximate surface area is 223 Å². The Morgan fingerprint density at radius 1 is 1.00 bits per heavy atom. The van der Waals surface area contributed by atoms with Gasteiger partial charge < -0.3 is 19.1 Å². The van der Waals surface area contributed by atoms with Crippen molar-refractivity contribution in [3.63, 3.8) is 0 Å². The van der Waals surface area contributed by atoms with Gasteiger partial charge in [0.15, 0.2) is 0 Å². The third-order valence-electron chi connectivity index (χ3n) is 6.60. The average molecular weight is 540 g/mol. The van der Waals surface area contributed by atoms with Gasteiger partial charge in [0.2, 0.25) is 5.91 Å². The zero-order valence-corrected chi connectivity index (χ0v) is 21.6. The van der Waals surface area contributed by atoms with Crippen LogP contribution in [0.2, 0.25) is 0 Å². The highest BCUT2D eigenvalue weighted by atomic mass is 19.4. The van der Waals surface area contributed by atoms with Gasteiger partial charge in [0, 0.05) is 56.4 Å². The van der Waals surface area contributed by atoms with E-state index in [1.165, 1.54) is 24.3 Å². The van der Waals surface area contributed by atoms with Crippen molar-refractivity contribution in [1.29, 1.82) is 0 Å². The molecule has 12 heteroatoms. The summed E-state index contributed by atoms with van der Waals surface area (Å²) in [4.78, 5) is 25.0. The summed E-state index contributed by atoms with van der Waals surface area (Å²) < 4.78 is 44.8. The van der Waals surface area contributed by atoms with Crippen molar-refractivity contribution in [3.8, 4) is 22.8 Å². The number of aromatic nitrogens is 5. The SMILES string of the molecule is CCC(=O)N1CCN(c2cc(Cn3nc(-c4cn(-c5ccc(OC(F)(F)F)cc5)cn4)cc3C)ccn2)CC1. The predicted molar refractivity (Wildman–Crippen MR) is 139 cm³/mol. The number of piperazine rings is 1. The minimum absolute atomic E-state index is 0.180. The van der Waals surface area contributed by atoms with Gasteiger partial charge in [-0.2, -0.15) is 5.10 Å². The molecule has 9 nitrogen and oxygen atoms in total. The maximum atomic E-state index is 12.4. The number of hydrogen-bond acceptors (Lipinski definition) is 6. The first-order valence-electron chi connectivity index (χ1n) is 12.6. The van der Waals surface area contributed by atoms with E-state index < -0.39 is 6.36 Å². The fourth-order valence-corrected chi connectivity index (χ4v) is 4.52. The molecule has 0 aliphatic carbocycles. The molecule has 0 spiro atoms. The molecule has 0 N–H and O–H groups in total. The zero-order chi connectivity index (χ0) is 27.6. The van der Waals surface area contributed by atoms with Gasteiger partial charge in [0.25, 0.3) is 0 Å². The Balaban J connectivity index is 1.26. The van der Waals surface area contributed by atoms with E-state index in [2.05, 4.69) is 25.7 Å². The second kappa shape index (κ2) is 10.8. The van der Waals surface area contributed by atoms with Crippen molar-refractivity contribution >= 4 is 11.7 Å². The van der Waals surface area contributed by atoms with Gasteiger partial charge in [-0.05, 0) is 55.0 Å². The molecule has 204 valence electrons. The molecule has 0 unspecified atom stereocenters. The van der Waals surface area contributed by atoms with Crippen LogP contribution in [0.5, 0.6) is 5.75 Å². The molecule has 39 heavy (non-hydrogen) atoms. The first-order valence-corrected chi connectivity index (χ1v) is 12.6. The lowest BCUT2D eigenvalue weighted by atomic mass is 10.2. The summed E-state index contributed by atoms with van der Waals surface area (Å²) in [7, 11) is 0. The molecule has 1 fully saturated rings. The molecule has 1 aromatic carbocycles. The summed E-state index contributed by atoms with van der Waals surface area (Å²) in [6.45, 7) is 7.28. The van der Waals surface area contributed by atoms with E-state index in [0.29, 0.717) is 43.1 Å². The van der Waals surface area contributed by atoms with Crippen molar-refractivity contribution in [2.45, 2.75) is 33.2 Å². The minimum atomic E-state index is -4.73. The molecule has 0 radical (unpaired) electrons. The van der Waals surface area contributed by atoms with Crippen LogP contribution < -0.4 is 9.64 Å². The van der Waals surface area contributed by atoms with E-state index in [0.717, 1.165) is 30.2 Å². The lowest BCUT2D eigenvalue weighted by molar-refractivity contribution is -0.274. The van der Waals surface area contributed by atoms with Crippen LogP contribution in [-0.4, -0.2) is 67.7 Å². The van der Waals surface area contributed by atoms with Crippen molar-refractivity contribution < 1.29 is 22.7 Å². The lowest BCUT2D eigenvalue weighted by Crippen LogP contribution is -2.48. The summed E-state index contributed by atoms with van der Waals surface area (Å²) >= 11 is 0. The van der Waals surface area contributed by atoms with Gasteiger partial charge in [-0.3, -0.25) is 9.48 Å². The second-order valence-corrected chi connectivity index (χ2v) is 9.28. The van der Waals surface area contributed by atoms with Crippen LogP contribution in [0.4, 0.5) is 19.0 Å². The van der Waals surface area contributed by atoms with E-state index in [1.54, 1.807) is 23.3 Å². The molecule has 4 heterocycles. The number of carbonyl (C=O) groups excluding carboxylic acids is 1. The minimum Gasteiger partial charge on any atom is -0.406 e. The number of imidazole rings is 1. The molecular formula is C27H28F3N7O2. The molecule has 1 aliphatic rings. The third kappa shape index (κ3) is 6.21. The van der Waals surface area contributed by atoms with E-state index in [-0.39, 0.29) is 11.7 Å². The number of ether oxygens (including phenoxy) is 1. The summed E-state index contributed by atoms with van der Waals surface area (Å²) in [5.41, 5.74) is 3.98. The Morgan fingerprint density at radius 2 is 1.74 bits per heavy atom. The molecule has 0 bridgehead atoms. The smallest absolute Gasteiger partial charge is 0.406 e. The summed E-state index contributed by atoms with van der Waals surface area (Å²) in [5, 5.41) is 4.74. The zero-order valence-electron chi connectivity index (χ0n) is 21.6. The molecule has 4 aromatic rings. The molecule has 5 rings (SSSR count). The summed E-state index contributed by atoms with van der Waals surface area (Å²) in [6, 6.07) is 11.5. The Bertz CT molecular complexity index is 1440. The first-order chi connectivity index (χ1) is 18.7. The van der Waals surface area contributed by atoms with Crippen LogP contribution in [0, 0.1) is 6.92 Å². The van der Waals surface area contributed by atoms with Crippen LogP contribution in [0.3, 0.4) is 0 Å².